The van der Waals surface area contributed by atoms with Crippen LogP contribution in [-0.2, 0) is 17.1 Å². The highest BCUT2D eigenvalue weighted by molar-refractivity contribution is 7.89. The molecule has 0 aliphatic carbocycles. The smallest absolute Gasteiger partial charge is 0.247 e. The van der Waals surface area contributed by atoms with Crippen LogP contribution in [0.1, 0.15) is 25.2 Å². The summed E-state index contributed by atoms with van der Waals surface area (Å²) in [5, 5.41) is 4.16. The van der Waals surface area contributed by atoms with Crippen molar-refractivity contribution in [3.8, 4) is 0 Å². The first-order valence-electron chi connectivity index (χ1n) is 5.81. The average Bonchev–Trinajstić information content (AvgIpc) is 2.49. The molecule has 0 radical (unpaired) electrons. The summed E-state index contributed by atoms with van der Waals surface area (Å²) in [5.41, 5.74) is 1.17. The van der Waals surface area contributed by atoms with E-state index in [1.165, 1.54) is 4.31 Å². The van der Waals surface area contributed by atoms with Crippen molar-refractivity contribution in [2.45, 2.75) is 38.6 Å². The van der Waals surface area contributed by atoms with Crippen LogP contribution in [0.15, 0.2) is 4.90 Å². The first kappa shape index (κ1) is 15.5. The van der Waals surface area contributed by atoms with Gasteiger partial charge in [0.2, 0.25) is 10.0 Å². The van der Waals surface area contributed by atoms with E-state index in [4.69, 9.17) is 11.6 Å². The van der Waals surface area contributed by atoms with E-state index in [0.29, 0.717) is 22.8 Å². The molecule has 0 fully saturated rings. The van der Waals surface area contributed by atoms with Gasteiger partial charge in [0.25, 0.3) is 0 Å². The number of aryl methyl sites for hydroxylation is 2. The number of hydrogen-bond acceptors (Lipinski definition) is 3. The lowest BCUT2D eigenvalue weighted by molar-refractivity contribution is 0.370. The zero-order valence-corrected chi connectivity index (χ0v) is 13.0. The fourth-order valence-corrected chi connectivity index (χ4v) is 4.31. The molecule has 1 rings (SSSR count). The molecule has 0 aromatic carbocycles. The van der Waals surface area contributed by atoms with Gasteiger partial charge in [0.15, 0.2) is 0 Å². The fourth-order valence-electron chi connectivity index (χ4n) is 1.98. The first-order chi connectivity index (χ1) is 8.23. The lowest BCUT2D eigenvalue weighted by Crippen LogP contribution is -2.38. The molecule has 0 spiro atoms. The molecule has 0 bridgehead atoms. The van der Waals surface area contributed by atoms with Gasteiger partial charge in [-0.3, -0.25) is 4.68 Å². The van der Waals surface area contributed by atoms with E-state index in [1.807, 2.05) is 13.8 Å². The van der Waals surface area contributed by atoms with E-state index in [9.17, 15) is 8.42 Å². The third-order valence-electron chi connectivity index (χ3n) is 2.89. The van der Waals surface area contributed by atoms with Gasteiger partial charge in [0.05, 0.1) is 11.4 Å². The highest BCUT2D eigenvalue weighted by Gasteiger charge is 2.31. The molecule has 7 heteroatoms. The number of alkyl halides is 1. The van der Waals surface area contributed by atoms with Gasteiger partial charge in [0.1, 0.15) is 4.90 Å². The van der Waals surface area contributed by atoms with Crippen molar-refractivity contribution >= 4 is 21.6 Å². The second kappa shape index (κ2) is 5.59. The lowest BCUT2D eigenvalue weighted by atomic mass is 10.4. The molecule has 0 aliphatic rings. The molecule has 1 aromatic heterocycles. The molecule has 1 heterocycles. The number of aromatic nitrogens is 2. The summed E-state index contributed by atoms with van der Waals surface area (Å²) in [6, 6.07) is -0.132. The van der Waals surface area contributed by atoms with Gasteiger partial charge >= 0.3 is 0 Å². The van der Waals surface area contributed by atoms with Crippen molar-refractivity contribution < 1.29 is 8.42 Å². The van der Waals surface area contributed by atoms with Gasteiger partial charge in [-0.2, -0.15) is 9.40 Å². The molecule has 0 atom stereocenters. The topological polar surface area (TPSA) is 55.2 Å². The van der Waals surface area contributed by atoms with E-state index >= 15 is 0 Å². The molecule has 1 aromatic rings. The normalized spacial score (nSPS) is 12.7. The van der Waals surface area contributed by atoms with Crippen LogP contribution in [0.3, 0.4) is 0 Å². The molecule has 0 saturated heterocycles. The van der Waals surface area contributed by atoms with Crippen molar-refractivity contribution in [2.24, 2.45) is 7.05 Å². The maximum atomic E-state index is 12.6. The molecule has 5 nitrogen and oxygen atoms in total. The monoisotopic (exact) mass is 293 g/mol. The van der Waals surface area contributed by atoms with E-state index in [-0.39, 0.29) is 11.9 Å². The highest BCUT2D eigenvalue weighted by atomic mass is 35.5. The largest absolute Gasteiger partial charge is 0.271 e. The third-order valence-corrected chi connectivity index (χ3v) is 5.39. The number of sulfonamides is 1. The summed E-state index contributed by atoms with van der Waals surface area (Å²) in [5.74, 6) is 0.274. The molecule has 104 valence electrons. The Hall–Kier alpha value is -0.590. The van der Waals surface area contributed by atoms with Crippen LogP contribution in [-0.4, -0.2) is 41.0 Å². The fraction of sp³-hybridized carbons (Fsp3) is 0.727. The summed E-state index contributed by atoms with van der Waals surface area (Å²) in [6.07, 6.45) is 0. The molecular weight excluding hydrogens is 274 g/mol. The van der Waals surface area contributed by atoms with Crippen LogP contribution in [0, 0.1) is 13.8 Å². The van der Waals surface area contributed by atoms with Crippen molar-refractivity contribution in [2.75, 3.05) is 12.4 Å². The Bertz CT molecular complexity index is 523. The van der Waals surface area contributed by atoms with Gasteiger partial charge in [-0.15, -0.1) is 11.6 Å². The number of halogens is 1. The van der Waals surface area contributed by atoms with Gasteiger partial charge in [-0.05, 0) is 27.7 Å². The summed E-state index contributed by atoms with van der Waals surface area (Å²) in [7, 11) is -1.80. The molecule has 0 unspecified atom stereocenters. The molecule has 0 N–H and O–H groups in total. The Balaban J connectivity index is 3.35. The number of rotatable bonds is 5. The maximum absolute atomic E-state index is 12.6. The summed E-state index contributed by atoms with van der Waals surface area (Å²) < 4.78 is 28.3. The minimum atomic E-state index is -3.54. The zero-order chi connectivity index (χ0) is 14.1. The second-order valence-electron chi connectivity index (χ2n) is 4.52. The van der Waals surface area contributed by atoms with E-state index < -0.39 is 10.0 Å². The van der Waals surface area contributed by atoms with Crippen LogP contribution in [0.5, 0.6) is 0 Å². The quantitative estimate of drug-likeness (QED) is 0.776. The van der Waals surface area contributed by atoms with Crippen molar-refractivity contribution in [3.63, 3.8) is 0 Å². The summed E-state index contributed by atoms with van der Waals surface area (Å²) in [4.78, 5) is 0.295. The maximum Gasteiger partial charge on any atom is 0.247 e. The Morgan fingerprint density at radius 3 is 2.28 bits per heavy atom. The zero-order valence-electron chi connectivity index (χ0n) is 11.4. The van der Waals surface area contributed by atoms with Crippen LogP contribution in [0.2, 0.25) is 0 Å². The Kier molecular flexibility index (Phi) is 4.80. The number of nitrogens with zero attached hydrogens (tertiary/aromatic N) is 3. The van der Waals surface area contributed by atoms with Crippen LogP contribution in [0.25, 0.3) is 0 Å². The third kappa shape index (κ3) is 2.70. The Morgan fingerprint density at radius 2 is 1.94 bits per heavy atom. The second-order valence-corrected chi connectivity index (χ2v) is 6.73. The molecule has 0 aliphatic heterocycles. The van der Waals surface area contributed by atoms with Crippen LogP contribution >= 0.6 is 11.6 Å². The average molecular weight is 294 g/mol. The van der Waals surface area contributed by atoms with Crippen molar-refractivity contribution in [1.82, 2.24) is 14.1 Å². The van der Waals surface area contributed by atoms with Gasteiger partial charge < -0.3 is 0 Å². The predicted octanol–water partition coefficient (Wildman–Crippen LogP) is 1.67. The first-order valence-corrected chi connectivity index (χ1v) is 7.79. The van der Waals surface area contributed by atoms with Crippen molar-refractivity contribution in [1.29, 1.82) is 0 Å². The minimum Gasteiger partial charge on any atom is -0.271 e. The van der Waals surface area contributed by atoms with Gasteiger partial charge in [-0.1, -0.05) is 0 Å². The van der Waals surface area contributed by atoms with Crippen molar-refractivity contribution in [3.05, 3.63) is 11.4 Å². The summed E-state index contributed by atoms with van der Waals surface area (Å²) >= 11 is 5.69. The van der Waals surface area contributed by atoms with E-state index in [1.54, 1.807) is 25.6 Å². The highest BCUT2D eigenvalue weighted by Crippen LogP contribution is 2.24. The van der Waals surface area contributed by atoms with Crippen LogP contribution in [0.4, 0.5) is 0 Å². The Morgan fingerprint density at radius 1 is 1.39 bits per heavy atom. The van der Waals surface area contributed by atoms with E-state index in [2.05, 4.69) is 5.10 Å². The number of hydrogen-bond donors (Lipinski definition) is 0. The minimum absolute atomic E-state index is 0.132. The standard InChI is InChI=1S/C11H20ClN3O2S/c1-8(2)15(7-6-12)18(16,17)11-9(3)13-14(5)10(11)4/h8H,6-7H2,1-5H3. The predicted molar refractivity (Wildman–Crippen MR) is 72.4 cm³/mol. The molecule has 0 saturated carbocycles. The van der Waals surface area contributed by atoms with E-state index in [0.717, 1.165) is 0 Å². The van der Waals surface area contributed by atoms with Crippen LogP contribution < -0.4 is 0 Å². The SMILES string of the molecule is Cc1nn(C)c(C)c1S(=O)(=O)N(CCCl)C(C)C. The van der Waals surface area contributed by atoms with Gasteiger partial charge in [0, 0.05) is 25.5 Å². The summed E-state index contributed by atoms with van der Waals surface area (Å²) in [6.45, 7) is 7.44. The Labute approximate surface area is 114 Å². The molecule has 18 heavy (non-hydrogen) atoms. The lowest BCUT2D eigenvalue weighted by Gasteiger charge is -2.25. The molecule has 0 amide bonds. The molecular formula is C11H20ClN3O2S. The van der Waals surface area contributed by atoms with Gasteiger partial charge in [-0.25, -0.2) is 8.42 Å².